The van der Waals surface area contributed by atoms with E-state index >= 15 is 0 Å². The van der Waals surface area contributed by atoms with Gasteiger partial charge in [0, 0.05) is 18.2 Å². The standard InChI is InChI=1S/C28H26N2O5/c1-2-3-17-29-27(33)23-5-4-6-24-26(23)35-28(30-24)21-12-7-20(8-13-21)18-34-25(32)16-11-19-9-14-22(31)15-10-19/h4-16,31H,2-3,17-18H2,1H3,(H,29,33)/b16-11+. The summed E-state index contributed by atoms with van der Waals surface area (Å²) in [7, 11) is 0. The number of fused-ring (bicyclic) bond motifs is 1. The van der Waals surface area contributed by atoms with E-state index in [1.807, 2.05) is 30.3 Å². The Bertz CT molecular complexity index is 1340. The Hall–Kier alpha value is -4.39. The summed E-state index contributed by atoms with van der Waals surface area (Å²) in [5, 5.41) is 12.2. The zero-order valence-electron chi connectivity index (χ0n) is 19.4. The molecule has 0 aliphatic rings. The van der Waals surface area contributed by atoms with Crippen molar-refractivity contribution >= 4 is 29.1 Å². The molecule has 0 aliphatic carbocycles. The van der Waals surface area contributed by atoms with Crippen molar-refractivity contribution in [1.82, 2.24) is 10.3 Å². The Kier molecular flexibility index (Phi) is 7.57. The number of amides is 1. The molecule has 0 fully saturated rings. The van der Waals surface area contributed by atoms with Crippen molar-refractivity contribution in [2.75, 3.05) is 6.54 Å². The second kappa shape index (κ2) is 11.2. The number of ether oxygens (including phenoxy) is 1. The van der Waals surface area contributed by atoms with Crippen LogP contribution >= 0.6 is 0 Å². The molecular weight excluding hydrogens is 444 g/mol. The third kappa shape index (κ3) is 6.14. The molecule has 35 heavy (non-hydrogen) atoms. The topological polar surface area (TPSA) is 102 Å². The lowest BCUT2D eigenvalue weighted by molar-refractivity contribution is -0.138. The molecule has 1 aromatic heterocycles. The van der Waals surface area contributed by atoms with Gasteiger partial charge in [0.25, 0.3) is 5.91 Å². The molecule has 7 nitrogen and oxygen atoms in total. The maximum atomic E-state index is 12.5. The van der Waals surface area contributed by atoms with Gasteiger partial charge < -0.3 is 19.6 Å². The molecule has 1 amide bonds. The number of nitrogens with one attached hydrogen (secondary N) is 1. The highest BCUT2D eigenvalue weighted by atomic mass is 16.5. The van der Waals surface area contributed by atoms with Crippen molar-refractivity contribution in [3.05, 3.63) is 89.5 Å². The number of aromatic nitrogens is 1. The molecule has 0 saturated heterocycles. The molecule has 0 aliphatic heterocycles. The number of unbranched alkanes of at least 4 members (excludes halogenated alkanes) is 1. The van der Waals surface area contributed by atoms with Crippen LogP contribution in [-0.4, -0.2) is 28.5 Å². The largest absolute Gasteiger partial charge is 0.508 e. The maximum Gasteiger partial charge on any atom is 0.331 e. The molecule has 3 aromatic carbocycles. The molecule has 0 bridgehead atoms. The summed E-state index contributed by atoms with van der Waals surface area (Å²) in [6.45, 7) is 2.81. The maximum absolute atomic E-state index is 12.5. The average molecular weight is 471 g/mol. The lowest BCUT2D eigenvalue weighted by Gasteiger charge is -2.04. The zero-order chi connectivity index (χ0) is 24.6. The Morgan fingerprint density at radius 3 is 2.57 bits per heavy atom. The van der Waals surface area contributed by atoms with Crippen LogP contribution in [0.3, 0.4) is 0 Å². The number of para-hydroxylation sites is 1. The summed E-state index contributed by atoms with van der Waals surface area (Å²) in [5.41, 5.74) is 3.87. The minimum Gasteiger partial charge on any atom is -0.508 e. The number of benzene rings is 3. The summed E-state index contributed by atoms with van der Waals surface area (Å²) in [6.07, 6.45) is 4.88. The number of phenolic OH excluding ortho intramolecular Hbond substituents is 1. The smallest absolute Gasteiger partial charge is 0.331 e. The molecule has 0 radical (unpaired) electrons. The number of rotatable bonds is 9. The van der Waals surface area contributed by atoms with E-state index < -0.39 is 5.97 Å². The van der Waals surface area contributed by atoms with Crippen molar-refractivity contribution < 1.29 is 23.8 Å². The lowest BCUT2D eigenvalue weighted by Crippen LogP contribution is -2.24. The number of hydrogen-bond acceptors (Lipinski definition) is 6. The number of carbonyl (C=O) groups is 2. The van der Waals surface area contributed by atoms with Gasteiger partial charge in [-0.1, -0.05) is 43.7 Å². The van der Waals surface area contributed by atoms with Crippen LogP contribution in [0.2, 0.25) is 0 Å². The van der Waals surface area contributed by atoms with Crippen LogP contribution in [0.15, 0.2) is 77.2 Å². The van der Waals surface area contributed by atoms with Gasteiger partial charge in [-0.2, -0.15) is 0 Å². The van der Waals surface area contributed by atoms with E-state index in [2.05, 4.69) is 17.2 Å². The minimum absolute atomic E-state index is 0.120. The molecule has 0 atom stereocenters. The normalized spacial score (nSPS) is 11.1. The fourth-order valence-electron chi connectivity index (χ4n) is 3.42. The molecule has 0 spiro atoms. The minimum atomic E-state index is -0.467. The third-order valence-electron chi connectivity index (χ3n) is 5.36. The Labute approximate surface area is 203 Å². The SMILES string of the molecule is CCCCNC(=O)c1cccc2nc(-c3ccc(COC(=O)/C=C/c4ccc(O)cc4)cc3)oc12. The molecular formula is C28H26N2O5. The van der Waals surface area contributed by atoms with Gasteiger partial charge in [0.2, 0.25) is 5.89 Å². The van der Waals surface area contributed by atoms with Crippen LogP contribution in [-0.2, 0) is 16.1 Å². The van der Waals surface area contributed by atoms with Crippen LogP contribution in [0, 0.1) is 0 Å². The molecule has 178 valence electrons. The first-order valence-electron chi connectivity index (χ1n) is 11.4. The van der Waals surface area contributed by atoms with Crippen LogP contribution in [0.25, 0.3) is 28.6 Å². The van der Waals surface area contributed by atoms with E-state index in [0.29, 0.717) is 29.1 Å². The highest BCUT2D eigenvalue weighted by Gasteiger charge is 2.16. The molecule has 1 heterocycles. The molecule has 7 heteroatoms. The molecule has 0 saturated carbocycles. The predicted molar refractivity (Wildman–Crippen MR) is 134 cm³/mol. The summed E-state index contributed by atoms with van der Waals surface area (Å²) in [5.74, 6) is -0.0669. The van der Waals surface area contributed by atoms with E-state index in [4.69, 9.17) is 9.15 Å². The quantitative estimate of drug-likeness (QED) is 0.191. The van der Waals surface area contributed by atoms with Gasteiger partial charge >= 0.3 is 5.97 Å². The molecule has 2 N–H and O–H groups in total. The van der Waals surface area contributed by atoms with Gasteiger partial charge in [-0.25, -0.2) is 9.78 Å². The number of esters is 1. The Morgan fingerprint density at radius 2 is 1.83 bits per heavy atom. The fraction of sp³-hybridized carbons (Fsp3) is 0.179. The van der Waals surface area contributed by atoms with Gasteiger partial charge in [0.05, 0.1) is 5.56 Å². The van der Waals surface area contributed by atoms with Crippen molar-refractivity contribution in [3.8, 4) is 17.2 Å². The Morgan fingerprint density at radius 1 is 1.06 bits per heavy atom. The number of aromatic hydroxyl groups is 1. The molecule has 0 unspecified atom stereocenters. The van der Waals surface area contributed by atoms with Gasteiger partial charge in [0.15, 0.2) is 5.58 Å². The van der Waals surface area contributed by atoms with Gasteiger partial charge in [-0.15, -0.1) is 0 Å². The van der Waals surface area contributed by atoms with Crippen molar-refractivity contribution in [2.24, 2.45) is 0 Å². The first-order chi connectivity index (χ1) is 17.0. The highest BCUT2D eigenvalue weighted by molar-refractivity contribution is 6.04. The second-order valence-electron chi connectivity index (χ2n) is 8.01. The van der Waals surface area contributed by atoms with Gasteiger partial charge in [-0.05, 0) is 60.0 Å². The first kappa shape index (κ1) is 23.8. The van der Waals surface area contributed by atoms with Crippen LogP contribution in [0.5, 0.6) is 5.75 Å². The fourth-order valence-corrected chi connectivity index (χ4v) is 3.42. The van der Waals surface area contributed by atoms with Gasteiger partial charge in [-0.3, -0.25) is 4.79 Å². The van der Waals surface area contributed by atoms with E-state index in [0.717, 1.165) is 29.5 Å². The average Bonchev–Trinajstić information content (AvgIpc) is 3.32. The number of phenols is 1. The van der Waals surface area contributed by atoms with E-state index in [1.54, 1.807) is 42.5 Å². The monoisotopic (exact) mass is 470 g/mol. The second-order valence-corrected chi connectivity index (χ2v) is 8.01. The van der Waals surface area contributed by atoms with E-state index in [9.17, 15) is 14.7 Å². The molecule has 4 rings (SSSR count). The highest BCUT2D eigenvalue weighted by Crippen LogP contribution is 2.27. The number of hydrogen-bond donors (Lipinski definition) is 2. The third-order valence-corrected chi connectivity index (χ3v) is 5.36. The lowest BCUT2D eigenvalue weighted by atomic mass is 10.1. The first-order valence-corrected chi connectivity index (χ1v) is 11.4. The van der Waals surface area contributed by atoms with Crippen LogP contribution < -0.4 is 5.32 Å². The summed E-state index contributed by atoms with van der Waals surface area (Å²) in [6, 6.07) is 19.2. The van der Waals surface area contributed by atoms with Crippen molar-refractivity contribution in [2.45, 2.75) is 26.4 Å². The van der Waals surface area contributed by atoms with Crippen LogP contribution in [0.4, 0.5) is 0 Å². The van der Waals surface area contributed by atoms with Crippen LogP contribution in [0.1, 0.15) is 41.3 Å². The predicted octanol–water partition coefficient (Wildman–Crippen LogP) is 5.49. The summed E-state index contributed by atoms with van der Waals surface area (Å²) >= 11 is 0. The van der Waals surface area contributed by atoms with E-state index in [1.165, 1.54) is 6.08 Å². The van der Waals surface area contributed by atoms with Crippen molar-refractivity contribution in [3.63, 3.8) is 0 Å². The Balaban J connectivity index is 1.39. The van der Waals surface area contributed by atoms with Gasteiger partial charge in [0.1, 0.15) is 17.9 Å². The number of carbonyl (C=O) groups excluding carboxylic acids is 2. The zero-order valence-corrected chi connectivity index (χ0v) is 19.4. The number of oxazole rings is 1. The number of nitrogens with zero attached hydrogens (tertiary/aromatic N) is 1. The summed E-state index contributed by atoms with van der Waals surface area (Å²) < 4.78 is 11.2. The molecule has 4 aromatic rings. The van der Waals surface area contributed by atoms with Crippen molar-refractivity contribution in [1.29, 1.82) is 0 Å². The van der Waals surface area contributed by atoms with E-state index in [-0.39, 0.29) is 18.3 Å². The summed E-state index contributed by atoms with van der Waals surface area (Å²) in [4.78, 5) is 29.1.